The molecule has 1 aliphatic rings. The van der Waals surface area contributed by atoms with Crippen molar-refractivity contribution >= 4 is 27.5 Å². The van der Waals surface area contributed by atoms with Crippen LogP contribution in [0.3, 0.4) is 0 Å². The van der Waals surface area contributed by atoms with Crippen molar-refractivity contribution in [3.63, 3.8) is 0 Å². The summed E-state index contributed by atoms with van der Waals surface area (Å²) < 4.78 is 27.6. The highest BCUT2D eigenvalue weighted by Crippen LogP contribution is 2.19. The van der Waals surface area contributed by atoms with Crippen molar-refractivity contribution in [2.45, 2.75) is 44.9 Å². The Kier molecular flexibility index (Phi) is 6.66. The second-order valence-corrected chi connectivity index (χ2v) is 8.84. The summed E-state index contributed by atoms with van der Waals surface area (Å²) in [6, 6.07) is 6.13. The lowest BCUT2D eigenvalue weighted by Crippen LogP contribution is -2.48. The molecule has 0 saturated carbocycles. The average Bonchev–Trinajstić information content (AvgIpc) is 3.01. The van der Waals surface area contributed by atoms with E-state index in [-0.39, 0.29) is 17.6 Å². The number of carbonyl (C=O) groups excluding carboxylic acids is 1. The molecule has 1 aromatic carbocycles. The van der Waals surface area contributed by atoms with Gasteiger partial charge in [-0.05, 0) is 36.8 Å². The SMILES string of the molecule is CC(C)C[C@@H](NS(=O)(=O)Cc1ccccc1Cl)C(=O)N1CCCC1. The first-order chi connectivity index (χ1) is 11.3. The standard InChI is InChI=1S/C17H25ClN2O3S/c1-13(2)11-16(17(21)20-9-5-6-10-20)19-24(22,23)12-14-7-3-4-8-15(14)18/h3-4,7-8,13,16,19H,5-6,9-12H2,1-2H3/t16-/m1/s1. The number of halogens is 1. The summed E-state index contributed by atoms with van der Waals surface area (Å²) in [5.41, 5.74) is 0.531. The monoisotopic (exact) mass is 372 g/mol. The Bertz CT molecular complexity index is 670. The molecule has 1 heterocycles. The molecule has 0 unspecified atom stereocenters. The van der Waals surface area contributed by atoms with Crippen molar-refractivity contribution < 1.29 is 13.2 Å². The van der Waals surface area contributed by atoms with E-state index in [2.05, 4.69) is 4.72 Å². The first-order valence-corrected chi connectivity index (χ1v) is 10.3. The molecule has 1 aromatic rings. The third-order valence-electron chi connectivity index (χ3n) is 4.05. The maximum atomic E-state index is 12.7. The predicted octanol–water partition coefficient (Wildman–Crippen LogP) is 2.80. The van der Waals surface area contributed by atoms with Crippen LogP contribution in [-0.2, 0) is 20.6 Å². The zero-order valence-corrected chi connectivity index (χ0v) is 15.7. The Morgan fingerprint density at radius 3 is 2.46 bits per heavy atom. The van der Waals surface area contributed by atoms with Gasteiger partial charge in [0.25, 0.3) is 0 Å². The molecular weight excluding hydrogens is 348 g/mol. The molecule has 1 atom stereocenters. The Morgan fingerprint density at radius 1 is 1.25 bits per heavy atom. The van der Waals surface area contributed by atoms with Gasteiger partial charge >= 0.3 is 0 Å². The van der Waals surface area contributed by atoms with Gasteiger partial charge in [0.1, 0.15) is 6.04 Å². The number of amides is 1. The molecule has 0 radical (unpaired) electrons. The normalized spacial score (nSPS) is 16.6. The highest BCUT2D eigenvalue weighted by molar-refractivity contribution is 7.88. The third kappa shape index (κ3) is 5.46. The van der Waals surface area contributed by atoms with E-state index >= 15 is 0 Å². The van der Waals surface area contributed by atoms with Crippen molar-refractivity contribution in [3.8, 4) is 0 Å². The Hall–Kier alpha value is -1.11. The molecule has 134 valence electrons. The number of benzene rings is 1. The molecule has 0 aliphatic carbocycles. The Morgan fingerprint density at radius 2 is 1.88 bits per heavy atom. The first kappa shape index (κ1) is 19.2. The van der Waals surface area contributed by atoms with Gasteiger partial charge in [0.05, 0.1) is 5.75 Å². The van der Waals surface area contributed by atoms with E-state index in [1.807, 2.05) is 13.8 Å². The summed E-state index contributed by atoms with van der Waals surface area (Å²) in [6.45, 7) is 5.37. The highest BCUT2D eigenvalue weighted by Gasteiger charge is 2.30. The maximum Gasteiger partial charge on any atom is 0.240 e. The zero-order valence-electron chi connectivity index (χ0n) is 14.2. The van der Waals surface area contributed by atoms with Gasteiger partial charge in [-0.2, -0.15) is 0 Å². The van der Waals surface area contributed by atoms with Crippen LogP contribution in [0.25, 0.3) is 0 Å². The molecule has 24 heavy (non-hydrogen) atoms. The van der Waals surface area contributed by atoms with Gasteiger partial charge in [-0.3, -0.25) is 4.79 Å². The number of likely N-dealkylation sites (tertiary alicyclic amines) is 1. The van der Waals surface area contributed by atoms with Crippen LogP contribution in [0.2, 0.25) is 5.02 Å². The first-order valence-electron chi connectivity index (χ1n) is 8.30. The highest BCUT2D eigenvalue weighted by atomic mass is 35.5. The molecule has 1 aliphatic heterocycles. The van der Waals surface area contributed by atoms with Crippen LogP contribution in [0.5, 0.6) is 0 Å². The number of nitrogens with zero attached hydrogens (tertiary/aromatic N) is 1. The fraction of sp³-hybridized carbons (Fsp3) is 0.588. The Balaban J connectivity index is 2.12. The van der Waals surface area contributed by atoms with Crippen molar-refractivity contribution in [2.75, 3.05) is 13.1 Å². The van der Waals surface area contributed by atoms with Crippen LogP contribution in [-0.4, -0.2) is 38.4 Å². The van der Waals surface area contributed by atoms with E-state index in [1.54, 1.807) is 29.2 Å². The van der Waals surface area contributed by atoms with Gasteiger partial charge in [-0.25, -0.2) is 13.1 Å². The fourth-order valence-corrected chi connectivity index (χ4v) is 4.56. The number of hydrogen-bond acceptors (Lipinski definition) is 3. The summed E-state index contributed by atoms with van der Waals surface area (Å²) in [5, 5.41) is 0.411. The largest absolute Gasteiger partial charge is 0.341 e. The van der Waals surface area contributed by atoms with Crippen LogP contribution < -0.4 is 4.72 Å². The molecule has 1 fully saturated rings. The maximum absolute atomic E-state index is 12.7. The molecule has 5 nitrogen and oxygen atoms in total. The number of rotatable bonds is 7. The quantitative estimate of drug-likeness (QED) is 0.800. The van der Waals surface area contributed by atoms with Gasteiger partial charge in [0.15, 0.2) is 0 Å². The zero-order chi connectivity index (χ0) is 17.7. The van der Waals surface area contributed by atoms with Crippen LogP contribution in [0.15, 0.2) is 24.3 Å². The molecule has 1 amide bonds. The van der Waals surface area contributed by atoms with Crippen molar-refractivity contribution in [3.05, 3.63) is 34.9 Å². The minimum Gasteiger partial charge on any atom is -0.341 e. The lowest BCUT2D eigenvalue weighted by Gasteiger charge is -2.25. The molecule has 1 saturated heterocycles. The van der Waals surface area contributed by atoms with Crippen LogP contribution in [0.1, 0.15) is 38.7 Å². The molecule has 1 N–H and O–H groups in total. The Labute approximate surface area is 149 Å². The van der Waals surface area contributed by atoms with Crippen molar-refractivity contribution in [2.24, 2.45) is 5.92 Å². The van der Waals surface area contributed by atoms with Crippen molar-refractivity contribution in [1.82, 2.24) is 9.62 Å². The average molecular weight is 373 g/mol. The second kappa shape index (κ2) is 8.32. The summed E-state index contributed by atoms with van der Waals surface area (Å²) in [6.07, 6.45) is 2.44. The number of carbonyl (C=O) groups is 1. The van der Waals surface area contributed by atoms with Gasteiger partial charge < -0.3 is 4.90 Å². The van der Waals surface area contributed by atoms with Crippen molar-refractivity contribution in [1.29, 1.82) is 0 Å². The van der Waals surface area contributed by atoms with Gasteiger partial charge in [0.2, 0.25) is 15.9 Å². The summed E-state index contributed by atoms with van der Waals surface area (Å²) >= 11 is 6.05. The molecular formula is C17H25ClN2O3S. The van der Waals surface area contributed by atoms with E-state index in [1.165, 1.54) is 0 Å². The van der Waals surface area contributed by atoms with Gasteiger partial charge in [-0.15, -0.1) is 0 Å². The molecule has 0 spiro atoms. The molecule has 7 heteroatoms. The lowest BCUT2D eigenvalue weighted by atomic mass is 10.0. The summed E-state index contributed by atoms with van der Waals surface area (Å²) in [5.74, 6) is -0.136. The number of sulfonamides is 1. The second-order valence-electron chi connectivity index (χ2n) is 6.68. The fourth-order valence-electron chi connectivity index (χ4n) is 2.91. The number of hydrogen-bond donors (Lipinski definition) is 1. The van der Waals surface area contributed by atoms with E-state index in [0.29, 0.717) is 30.1 Å². The third-order valence-corrected chi connectivity index (χ3v) is 5.75. The minimum absolute atomic E-state index is 0.121. The van der Waals surface area contributed by atoms with Crippen LogP contribution >= 0.6 is 11.6 Å². The van der Waals surface area contributed by atoms with E-state index in [0.717, 1.165) is 12.8 Å². The summed E-state index contributed by atoms with van der Waals surface area (Å²) in [7, 11) is -3.66. The molecule has 2 rings (SSSR count). The van der Waals surface area contributed by atoms with Gasteiger partial charge in [-0.1, -0.05) is 43.6 Å². The van der Waals surface area contributed by atoms with Gasteiger partial charge in [0, 0.05) is 18.1 Å². The summed E-state index contributed by atoms with van der Waals surface area (Å²) in [4.78, 5) is 14.4. The smallest absolute Gasteiger partial charge is 0.240 e. The van der Waals surface area contributed by atoms with E-state index in [4.69, 9.17) is 11.6 Å². The van der Waals surface area contributed by atoms with Crippen LogP contribution in [0, 0.1) is 5.92 Å². The molecule has 0 aromatic heterocycles. The predicted molar refractivity (Wildman–Crippen MR) is 96.3 cm³/mol. The topological polar surface area (TPSA) is 66.5 Å². The van der Waals surface area contributed by atoms with E-state index in [9.17, 15) is 13.2 Å². The van der Waals surface area contributed by atoms with E-state index < -0.39 is 16.1 Å². The molecule has 0 bridgehead atoms. The van der Waals surface area contributed by atoms with Crippen LogP contribution in [0.4, 0.5) is 0 Å². The number of nitrogens with one attached hydrogen (secondary N) is 1. The lowest BCUT2D eigenvalue weighted by molar-refractivity contribution is -0.132. The minimum atomic E-state index is -3.66.